The second-order valence-corrected chi connectivity index (χ2v) is 11.2. The first kappa shape index (κ1) is 20.7. The summed E-state index contributed by atoms with van der Waals surface area (Å²) in [5.41, 5.74) is 0.714. The zero-order valence-corrected chi connectivity index (χ0v) is 18.6. The van der Waals surface area contributed by atoms with Gasteiger partial charge in [0.15, 0.2) is 0 Å². The molecule has 4 saturated carbocycles. The zero-order chi connectivity index (χ0) is 19.9. The molecule has 0 aromatic rings. The molecule has 4 aliphatic rings. The highest BCUT2D eigenvalue weighted by molar-refractivity contribution is 5.60. The number of fused-ring (bicyclic) bond motifs is 5. The number of nitrogens with zero attached hydrogens (tertiary/aromatic N) is 2. The third-order valence-electron chi connectivity index (χ3n) is 9.63. The first-order valence-electron chi connectivity index (χ1n) is 11.8. The van der Waals surface area contributed by atoms with Gasteiger partial charge in [0.2, 0.25) is 0 Å². The molecule has 0 aromatic carbocycles. The fourth-order valence-corrected chi connectivity index (χ4v) is 7.80. The average Bonchev–Trinajstić information content (AvgIpc) is 2.96. The first-order chi connectivity index (χ1) is 13.3. The Morgan fingerprint density at radius 1 is 1.00 bits per heavy atom. The molecule has 28 heavy (non-hydrogen) atoms. The highest BCUT2D eigenvalue weighted by Gasteiger charge is 2.59. The van der Waals surface area contributed by atoms with Gasteiger partial charge in [0.1, 0.15) is 6.61 Å². The molecule has 4 aliphatic carbocycles. The van der Waals surface area contributed by atoms with Crippen molar-refractivity contribution in [2.75, 3.05) is 27.2 Å². The van der Waals surface area contributed by atoms with Gasteiger partial charge in [-0.05, 0) is 112 Å². The van der Waals surface area contributed by atoms with Crippen molar-refractivity contribution in [3.8, 4) is 0 Å². The molecule has 0 bridgehead atoms. The van der Waals surface area contributed by atoms with Gasteiger partial charge in [-0.15, -0.1) is 0 Å². The topological polar surface area (TPSA) is 45.1 Å². The van der Waals surface area contributed by atoms with Crippen LogP contribution >= 0.6 is 0 Å². The highest BCUT2D eigenvalue weighted by atomic mass is 16.6. The van der Waals surface area contributed by atoms with E-state index in [4.69, 9.17) is 4.84 Å². The van der Waals surface area contributed by atoms with Gasteiger partial charge >= 0.3 is 0 Å². The number of hydrogen-bond donors (Lipinski definition) is 1. The molecule has 0 spiro atoms. The van der Waals surface area contributed by atoms with E-state index in [2.05, 4.69) is 44.2 Å². The summed E-state index contributed by atoms with van der Waals surface area (Å²) in [6.45, 7) is 6.60. The molecule has 8 unspecified atom stereocenters. The lowest BCUT2D eigenvalue weighted by Crippen LogP contribution is -2.54. The van der Waals surface area contributed by atoms with Crippen molar-refractivity contribution in [2.45, 2.75) is 77.7 Å². The van der Waals surface area contributed by atoms with E-state index in [1.54, 1.807) is 0 Å². The average molecular weight is 391 g/mol. The van der Waals surface area contributed by atoms with Gasteiger partial charge in [-0.2, -0.15) is 0 Å². The maximum atomic E-state index is 10.6. The zero-order valence-electron chi connectivity index (χ0n) is 18.6. The van der Waals surface area contributed by atoms with E-state index < -0.39 is 0 Å². The van der Waals surface area contributed by atoms with Crippen molar-refractivity contribution in [3.05, 3.63) is 0 Å². The van der Waals surface area contributed by atoms with Gasteiger partial charge in [-0.1, -0.05) is 19.0 Å². The number of aliphatic hydroxyl groups excluding tert-OH is 1. The number of aliphatic hydroxyl groups is 1. The van der Waals surface area contributed by atoms with E-state index in [0.717, 1.165) is 36.6 Å². The smallest absolute Gasteiger partial charge is 0.129 e. The summed E-state index contributed by atoms with van der Waals surface area (Å²) in [5.74, 6) is 3.94. The summed E-state index contributed by atoms with van der Waals surface area (Å²) < 4.78 is 0. The van der Waals surface area contributed by atoms with E-state index >= 15 is 0 Å². The molecule has 8 atom stereocenters. The molecule has 0 aliphatic heterocycles. The van der Waals surface area contributed by atoms with Gasteiger partial charge < -0.3 is 14.8 Å². The molecule has 4 heteroatoms. The molecule has 4 rings (SSSR count). The van der Waals surface area contributed by atoms with Gasteiger partial charge in [-0.25, -0.2) is 0 Å². The minimum Gasteiger partial charge on any atom is -0.395 e. The van der Waals surface area contributed by atoms with Crippen LogP contribution in [-0.2, 0) is 4.84 Å². The van der Waals surface area contributed by atoms with E-state index in [1.165, 1.54) is 51.4 Å². The monoisotopic (exact) mass is 390 g/mol. The Bertz CT molecular complexity index is 579. The number of hydrogen-bond acceptors (Lipinski definition) is 4. The Balaban J connectivity index is 1.37. The summed E-state index contributed by atoms with van der Waals surface area (Å²) in [7, 11) is 4.12. The Morgan fingerprint density at radius 3 is 2.54 bits per heavy atom. The number of likely N-dealkylation sites (N-methyl/N-ethyl adjacent to an activating group) is 1. The highest BCUT2D eigenvalue weighted by Crippen LogP contribution is 2.66. The van der Waals surface area contributed by atoms with Crippen LogP contribution in [0.5, 0.6) is 0 Å². The Kier molecular flexibility index (Phi) is 5.83. The molecule has 0 heterocycles. The van der Waals surface area contributed by atoms with Crippen LogP contribution in [0.3, 0.4) is 0 Å². The van der Waals surface area contributed by atoms with E-state index in [-0.39, 0.29) is 11.5 Å². The van der Waals surface area contributed by atoms with Crippen molar-refractivity contribution in [3.63, 3.8) is 0 Å². The fraction of sp³-hybridized carbons (Fsp3) is 0.958. The SMILES string of the molecule is CN(C)CCON=CC1CCC2(C)C(CCC3C4CCC(O)C4(C)CCC32)C1. The van der Waals surface area contributed by atoms with Crippen LogP contribution < -0.4 is 0 Å². The minimum atomic E-state index is -0.0524. The van der Waals surface area contributed by atoms with Crippen molar-refractivity contribution in [2.24, 2.45) is 45.6 Å². The molecule has 0 saturated heterocycles. The van der Waals surface area contributed by atoms with Crippen molar-refractivity contribution in [1.82, 2.24) is 4.90 Å². The normalized spacial score (nSPS) is 48.4. The van der Waals surface area contributed by atoms with Crippen LogP contribution in [0, 0.1) is 40.4 Å². The van der Waals surface area contributed by atoms with Crippen LogP contribution in [-0.4, -0.2) is 49.6 Å². The summed E-state index contributed by atoms with van der Waals surface area (Å²) in [6, 6.07) is 0. The number of rotatable bonds is 5. The lowest BCUT2D eigenvalue weighted by molar-refractivity contribution is -0.123. The summed E-state index contributed by atoms with van der Waals surface area (Å²) in [5, 5.41) is 14.9. The lowest BCUT2D eigenvalue weighted by atomic mass is 9.44. The molecular formula is C24H42N2O2. The Morgan fingerprint density at radius 2 is 1.75 bits per heavy atom. The van der Waals surface area contributed by atoms with Crippen molar-refractivity contribution < 1.29 is 9.94 Å². The van der Waals surface area contributed by atoms with Gasteiger partial charge in [0.25, 0.3) is 0 Å². The standard InChI is InChI=1S/C24H42N2O2/c1-23-11-9-17(16-25-28-14-13-26(3)4)15-18(23)5-6-19-20-7-8-22(27)24(20,2)12-10-21(19)23/h16-22,27H,5-15H2,1-4H3. The molecule has 4 nitrogen and oxygen atoms in total. The molecular weight excluding hydrogens is 348 g/mol. The van der Waals surface area contributed by atoms with Crippen molar-refractivity contribution >= 4 is 6.21 Å². The van der Waals surface area contributed by atoms with E-state index in [0.29, 0.717) is 17.9 Å². The molecule has 0 amide bonds. The Hall–Kier alpha value is -0.610. The van der Waals surface area contributed by atoms with Crippen LogP contribution in [0.2, 0.25) is 0 Å². The molecule has 160 valence electrons. The molecule has 4 fully saturated rings. The van der Waals surface area contributed by atoms with Gasteiger partial charge in [-0.3, -0.25) is 0 Å². The Labute approximate surface area is 172 Å². The van der Waals surface area contributed by atoms with E-state index in [1.807, 2.05) is 0 Å². The number of oxime groups is 1. The summed E-state index contributed by atoms with van der Waals surface area (Å²) in [4.78, 5) is 7.59. The third kappa shape index (κ3) is 3.53. The summed E-state index contributed by atoms with van der Waals surface area (Å²) >= 11 is 0. The lowest BCUT2D eigenvalue weighted by Gasteiger charge is -2.60. The molecule has 0 radical (unpaired) electrons. The van der Waals surface area contributed by atoms with Crippen molar-refractivity contribution in [1.29, 1.82) is 0 Å². The predicted octanol–water partition coefficient (Wildman–Crippen LogP) is 4.57. The molecule has 1 N–H and O–H groups in total. The maximum absolute atomic E-state index is 10.6. The fourth-order valence-electron chi connectivity index (χ4n) is 7.80. The van der Waals surface area contributed by atoms with Gasteiger partial charge in [0.05, 0.1) is 6.10 Å². The summed E-state index contributed by atoms with van der Waals surface area (Å²) in [6.07, 6.45) is 13.6. The van der Waals surface area contributed by atoms with Gasteiger partial charge in [0, 0.05) is 12.8 Å². The predicted molar refractivity (Wildman–Crippen MR) is 114 cm³/mol. The van der Waals surface area contributed by atoms with Crippen LogP contribution in [0.15, 0.2) is 5.16 Å². The van der Waals surface area contributed by atoms with Crippen LogP contribution in [0.25, 0.3) is 0 Å². The maximum Gasteiger partial charge on any atom is 0.129 e. The molecule has 0 aromatic heterocycles. The third-order valence-corrected chi connectivity index (χ3v) is 9.63. The van der Waals surface area contributed by atoms with E-state index in [9.17, 15) is 5.11 Å². The second kappa shape index (κ2) is 7.91. The minimum absolute atomic E-state index is 0.0524. The van der Waals surface area contributed by atoms with Crippen LogP contribution in [0.1, 0.15) is 71.6 Å². The first-order valence-corrected chi connectivity index (χ1v) is 11.8. The largest absolute Gasteiger partial charge is 0.395 e. The second-order valence-electron chi connectivity index (χ2n) is 11.2. The quantitative estimate of drug-likeness (QED) is 0.425. The van der Waals surface area contributed by atoms with Crippen LogP contribution in [0.4, 0.5) is 0 Å².